The molecule has 1 aliphatic heterocycles. The highest BCUT2D eigenvalue weighted by Gasteiger charge is 2.17. The molecule has 0 N–H and O–H groups in total. The first-order chi connectivity index (χ1) is 12.0. The molecule has 25 heavy (non-hydrogen) atoms. The zero-order chi connectivity index (χ0) is 17.4. The SMILES string of the molecule is Cc1ccc(S(=O)(=O)[N-][N+]2=Cc3ccc4ccccc4c3CC2)cc1. The average molecular weight is 350 g/mol. The molecule has 3 aromatic carbocycles. The fourth-order valence-electron chi connectivity index (χ4n) is 3.16. The summed E-state index contributed by atoms with van der Waals surface area (Å²) < 4.78 is 26.5. The molecule has 4 nitrogen and oxygen atoms in total. The molecule has 0 aliphatic carbocycles. The minimum Gasteiger partial charge on any atom is -0.324 e. The molecule has 0 unspecified atom stereocenters. The third kappa shape index (κ3) is 3.03. The van der Waals surface area contributed by atoms with Crippen molar-refractivity contribution in [2.75, 3.05) is 6.54 Å². The van der Waals surface area contributed by atoms with Crippen molar-refractivity contribution in [2.45, 2.75) is 18.2 Å². The molecule has 0 radical (unpaired) electrons. The molecule has 0 saturated carbocycles. The summed E-state index contributed by atoms with van der Waals surface area (Å²) in [5.41, 5.74) is 3.29. The third-order valence-corrected chi connectivity index (χ3v) is 5.78. The Bertz CT molecular complexity index is 1080. The lowest BCUT2D eigenvalue weighted by atomic mass is 9.95. The van der Waals surface area contributed by atoms with Crippen molar-refractivity contribution in [3.63, 3.8) is 0 Å². The number of rotatable bonds is 3. The van der Waals surface area contributed by atoms with Crippen LogP contribution < -0.4 is 0 Å². The molecule has 0 atom stereocenters. The van der Waals surface area contributed by atoms with Crippen LogP contribution >= 0.6 is 0 Å². The first-order valence-corrected chi connectivity index (χ1v) is 9.64. The van der Waals surface area contributed by atoms with E-state index in [1.807, 2.05) is 31.3 Å². The summed E-state index contributed by atoms with van der Waals surface area (Å²) in [6, 6.07) is 19.1. The van der Waals surface area contributed by atoms with Crippen LogP contribution in [0.25, 0.3) is 15.6 Å². The second-order valence-corrected chi connectivity index (χ2v) is 7.85. The number of nitrogens with zero attached hydrogens (tertiary/aromatic N) is 2. The van der Waals surface area contributed by atoms with E-state index < -0.39 is 10.0 Å². The summed E-state index contributed by atoms with van der Waals surface area (Å²) in [5.74, 6) is 0. The fourth-order valence-corrected chi connectivity index (χ4v) is 4.14. The van der Waals surface area contributed by atoms with Crippen molar-refractivity contribution in [3.05, 3.63) is 82.2 Å². The molecule has 0 bridgehead atoms. The van der Waals surface area contributed by atoms with Gasteiger partial charge in [-0.2, -0.15) is 0 Å². The van der Waals surface area contributed by atoms with E-state index in [1.54, 1.807) is 24.3 Å². The van der Waals surface area contributed by atoms with Gasteiger partial charge in [-0.3, -0.25) is 4.68 Å². The maximum absolute atomic E-state index is 12.5. The highest BCUT2D eigenvalue weighted by Crippen LogP contribution is 2.26. The zero-order valence-corrected chi connectivity index (χ0v) is 14.7. The molecule has 126 valence electrons. The molecule has 0 amide bonds. The quantitative estimate of drug-likeness (QED) is 0.675. The summed E-state index contributed by atoms with van der Waals surface area (Å²) >= 11 is 0. The van der Waals surface area contributed by atoms with Gasteiger partial charge in [0.05, 0.1) is 4.90 Å². The lowest BCUT2D eigenvalue weighted by Crippen LogP contribution is -2.22. The second kappa shape index (κ2) is 6.01. The Morgan fingerprint density at radius 3 is 2.52 bits per heavy atom. The molecule has 0 fully saturated rings. The largest absolute Gasteiger partial charge is 0.324 e. The van der Waals surface area contributed by atoms with Crippen LogP contribution in [-0.2, 0) is 16.4 Å². The van der Waals surface area contributed by atoms with Gasteiger partial charge in [0.15, 0.2) is 16.2 Å². The van der Waals surface area contributed by atoms with E-state index in [2.05, 4.69) is 23.0 Å². The van der Waals surface area contributed by atoms with Crippen molar-refractivity contribution in [1.29, 1.82) is 0 Å². The number of aryl methyl sites for hydroxylation is 1. The molecule has 0 aromatic heterocycles. The highest BCUT2D eigenvalue weighted by atomic mass is 32.2. The smallest absolute Gasteiger partial charge is 0.167 e. The first-order valence-electron chi connectivity index (χ1n) is 8.20. The van der Waals surface area contributed by atoms with Gasteiger partial charge in [-0.1, -0.05) is 48.0 Å². The van der Waals surface area contributed by atoms with Crippen LogP contribution in [0.5, 0.6) is 0 Å². The summed E-state index contributed by atoms with van der Waals surface area (Å²) in [6.45, 7) is 2.47. The van der Waals surface area contributed by atoms with Crippen molar-refractivity contribution in [3.8, 4) is 0 Å². The van der Waals surface area contributed by atoms with Gasteiger partial charge in [-0.15, -0.1) is 0 Å². The number of hydrogen-bond donors (Lipinski definition) is 0. The summed E-state index contributed by atoms with van der Waals surface area (Å²) in [6.07, 6.45) is 2.58. The molecule has 0 saturated heterocycles. The van der Waals surface area contributed by atoms with E-state index in [0.29, 0.717) is 6.54 Å². The van der Waals surface area contributed by atoms with Crippen LogP contribution in [0.4, 0.5) is 0 Å². The molecular weight excluding hydrogens is 332 g/mol. The van der Waals surface area contributed by atoms with E-state index in [-0.39, 0.29) is 4.90 Å². The van der Waals surface area contributed by atoms with Gasteiger partial charge in [0.25, 0.3) is 0 Å². The van der Waals surface area contributed by atoms with Crippen LogP contribution in [0, 0.1) is 6.92 Å². The van der Waals surface area contributed by atoms with Crippen molar-refractivity contribution >= 4 is 27.0 Å². The van der Waals surface area contributed by atoms with Crippen LogP contribution in [-0.4, -0.2) is 25.9 Å². The minimum atomic E-state index is -3.70. The maximum Gasteiger partial charge on any atom is 0.167 e. The molecule has 0 spiro atoms. The topological polar surface area (TPSA) is 51.2 Å². The molecule has 1 aliphatic rings. The van der Waals surface area contributed by atoms with Crippen LogP contribution in [0.1, 0.15) is 16.7 Å². The monoisotopic (exact) mass is 350 g/mol. The Kier molecular flexibility index (Phi) is 3.81. The van der Waals surface area contributed by atoms with Crippen LogP contribution in [0.15, 0.2) is 65.6 Å². The number of sulfonamides is 1. The average Bonchev–Trinajstić information content (AvgIpc) is 2.61. The second-order valence-electron chi connectivity index (χ2n) is 6.27. The summed E-state index contributed by atoms with van der Waals surface area (Å²) in [7, 11) is -3.70. The third-order valence-electron chi connectivity index (χ3n) is 4.49. The van der Waals surface area contributed by atoms with Gasteiger partial charge >= 0.3 is 0 Å². The van der Waals surface area contributed by atoms with E-state index in [9.17, 15) is 8.42 Å². The van der Waals surface area contributed by atoms with E-state index >= 15 is 0 Å². The Hall–Kier alpha value is -2.66. The van der Waals surface area contributed by atoms with Gasteiger partial charge in [-0.05, 0) is 41.5 Å². The molecule has 3 aromatic rings. The predicted molar refractivity (Wildman–Crippen MR) is 99.7 cm³/mol. The number of hydrogen-bond acceptors (Lipinski definition) is 2. The van der Waals surface area contributed by atoms with E-state index in [0.717, 1.165) is 17.5 Å². The lowest BCUT2D eigenvalue weighted by molar-refractivity contribution is -0.462. The minimum absolute atomic E-state index is 0.218. The standard InChI is InChI=1S/C20H18N2O2S/c1-15-6-10-18(11-7-15)25(23,24)21-22-13-12-20-17(14-22)9-8-16-4-2-3-5-19(16)20/h2-11,14H,12-13H2,1H3. The molecule has 4 rings (SSSR count). The van der Waals surface area contributed by atoms with Crippen molar-refractivity contribution < 1.29 is 13.1 Å². The predicted octanol–water partition coefficient (Wildman–Crippen LogP) is 3.81. The van der Waals surface area contributed by atoms with E-state index in [4.69, 9.17) is 0 Å². The summed E-state index contributed by atoms with van der Waals surface area (Å²) in [4.78, 5) is 4.22. The molecular formula is C20H18N2O2S. The number of fused-ring (bicyclic) bond motifs is 3. The van der Waals surface area contributed by atoms with Gasteiger partial charge in [0.1, 0.15) is 6.54 Å². The Balaban J connectivity index is 1.68. The molecule has 5 heteroatoms. The van der Waals surface area contributed by atoms with Crippen molar-refractivity contribution in [2.24, 2.45) is 0 Å². The van der Waals surface area contributed by atoms with Crippen LogP contribution in [0.2, 0.25) is 0 Å². The maximum atomic E-state index is 12.5. The fraction of sp³-hybridized carbons (Fsp3) is 0.150. The zero-order valence-electron chi connectivity index (χ0n) is 13.9. The van der Waals surface area contributed by atoms with Gasteiger partial charge in [0.2, 0.25) is 0 Å². The first kappa shape index (κ1) is 15.8. The Morgan fingerprint density at radius 1 is 0.960 bits per heavy atom. The lowest BCUT2D eigenvalue weighted by Gasteiger charge is -2.22. The number of benzene rings is 3. The molecule has 1 heterocycles. The Morgan fingerprint density at radius 2 is 1.72 bits per heavy atom. The highest BCUT2D eigenvalue weighted by molar-refractivity contribution is 7.93. The normalized spacial score (nSPS) is 14.0. The van der Waals surface area contributed by atoms with Gasteiger partial charge in [-0.25, -0.2) is 8.42 Å². The van der Waals surface area contributed by atoms with Crippen LogP contribution in [0.3, 0.4) is 0 Å². The van der Waals surface area contributed by atoms with Crippen molar-refractivity contribution in [1.82, 2.24) is 0 Å². The van der Waals surface area contributed by atoms with E-state index in [1.165, 1.54) is 21.0 Å². The summed E-state index contributed by atoms with van der Waals surface area (Å²) in [5, 5.41) is 2.42. The Labute approximate surface area is 147 Å². The van der Waals surface area contributed by atoms with Gasteiger partial charge in [0, 0.05) is 12.0 Å². The van der Waals surface area contributed by atoms with Gasteiger partial charge < -0.3 is 4.83 Å².